The van der Waals surface area contributed by atoms with Crippen LogP contribution in [0.4, 0.5) is 5.69 Å². The normalized spacial score (nSPS) is 11.6. The SMILES string of the molecule is CC(C)[C@H](N)C(=O)NCC(=O)Nc1ccc(C#N)cc1Cl. The van der Waals surface area contributed by atoms with Gasteiger partial charge in [0.05, 0.1) is 34.9 Å². The minimum Gasteiger partial charge on any atom is -0.346 e. The van der Waals surface area contributed by atoms with E-state index < -0.39 is 11.9 Å². The number of nitrogens with two attached hydrogens (primary N) is 1. The fourth-order valence-corrected chi connectivity index (χ4v) is 1.70. The van der Waals surface area contributed by atoms with Gasteiger partial charge in [0.25, 0.3) is 0 Å². The Bertz CT molecular complexity index is 581. The van der Waals surface area contributed by atoms with E-state index in [0.29, 0.717) is 11.3 Å². The molecule has 1 aromatic rings. The average Bonchev–Trinajstić information content (AvgIpc) is 2.45. The average molecular weight is 309 g/mol. The number of nitrogens with one attached hydrogen (secondary N) is 2. The Labute approximate surface area is 128 Å². The number of nitriles is 1. The van der Waals surface area contributed by atoms with Crippen molar-refractivity contribution in [3.63, 3.8) is 0 Å². The van der Waals surface area contributed by atoms with E-state index in [1.807, 2.05) is 19.9 Å². The van der Waals surface area contributed by atoms with Crippen molar-refractivity contribution >= 4 is 29.1 Å². The van der Waals surface area contributed by atoms with Crippen LogP contribution in [-0.2, 0) is 9.59 Å². The lowest BCUT2D eigenvalue weighted by atomic mass is 10.1. The Morgan fingerprint density at radius 2 is 2.10 bits per heavy atom. The van der Waals surface area contributed by atoms with Gasteiger partial charge in [-0.05, 0) is 24.1 Å². The van der Waals surface area contributed by atoms with Crippen LogP contribution in [-0.4, -0.2) is 24.4 Å². The number of halogens is 1. The number of hydrogen-bond acceptors (Lipinski definition) is 4. The van der Waals surface area contributed by atoms with Crippen LogP contribution in [0.1, 0.15) is 19.4 Å². The van der Waals surface area contributed by atoms with Gasteiger partial charge in [0.2, 0.25) is 11.8 Å². The lowest BCUT2D eigenvalue weighted by Gasteiger charge is -2.15. The number of rotatable bonds is 5. The number of amides is 2. The van der Waals surface area contributed by atoms with E-state index in [0.717, 1.165) is 0 Å². The van der Waals surface area contributed by atoms with Crippen LogP contribution in [0.2, 0.25) is 5.02 Å². The molecule has 112 valence electrons. The van der Waals surface area contributed by atoms with Crippen molar-refractivity contribution in [3.8, 4) is 6.07 Å². The highest BCUT2D eigenvalue weighted by Gasteiger charge is 2.17. The van der Waals surface area contributed by atoms with Gasteiger partial charge in [0.15, 0.2) is 0 Å². The molecule has 7 heteroatoms. The largest absolute Gasteiger partial charge is 0.346 e. The molecule has 2 amide bonds. The van der Waals surface area contributed by atoms with Crippen molar-refractivity contribution in [1.29, 1.82) is 5.26 Å². The first-order valence-corrected chi connectivity index (χ1v) is 6.75. The first kappa shape index (κ1) is 17.0. The summed E-state index contributed by atoms with van der Waals surface area (Å²) in [6.07, 6.45) is 0. The minimum atomic E-state index is -0.656. The molecule has 6 nitrogen and oxygen atoms in total. The molecule has 1 rings (SSSR count). The lowest BCUT2D eigenvalue weighted by Crippen LogP contribution is -2.46. The number of carbonyl (C=O) groups is 2. The molecule has 0 saturated carbocycles. The third-order valence-corrected chi connectivity index (χ3v) is 3.13. The van der Waals surface area contributed by atoms with Gasteiger partial charge in [-0.2, -0.15) is 5.26 Å². The highest BCUT2D eigenvalue weighted by molar-refractivity contribution is 6.33. The third kappa shape index (κ3) is 5.06. The first-order valence-electron chi connectivity index (χ1n) is 6.38. The van der Waals surface area contributed by atoms with E-state index in [9.17, 15) is 9.59 Å². The van der Waals surface area contributed by atoms with Gasteiger partial charge < -0.3 is 16.4 Å². The first-order chi connectivity index (χ1) is 9.85. The second-order valence-corrected chi connectivity index (χ2v) is 5.25. The fourth-order valence-electron chi connectivity index (χ4n) is 1.47. The molecule has 0 unspecified atom stereocenters. The summed E-state index contributed by atoms with van der Waals surface area (Å²) in [5.74, 6) is -0.821. The van der Waals surface area contributed by atoms with E-state index >= 15 is 0 Å². The van der Waals surface area contributed by atoms with Crippen molar-refractivity contribution in [2.75, 3.05) is 11.9 Å². The topological polar surface area (TPSA) is 108 Å². The molecule has 0 saturated heterocycles. The Kier molecular flexibility index (Phi) is 6.15. The summed E-state index contributed by atoms with van der Waals surface area (Å²) in [4.78, 5) is 23.3. The molecule has 0 radical (unpaired) electrons. The smallest absolute Gasteiger partial charge is 0.243 e. The maximum absolute atomic E-state index is 11.7. The molecule has 1 aromatic carbocycles. The van der Waals surface area contributed by atoms with Gasteiger partial charge in [-0.15, -0.1) is 0 Å². The van der Waals surface area contributed by atoms with Crippen molar-refractivity contribution < 1.29 is 9.59 Å². The van der Waals surface area contributed by atoms with E-state index in [2.05, 4.69) is 10.6 Å². The summed E-state index contributed by atoms with van der Waals surface area (Å²) in [6.45, 7) is 3.44. The molecule has 0 spiro atoms. The fraction of sp³-hybridized carbons (Fsp3) is 0.357. The number of benzene rings is 1. The molecule has 0 fully saturated rings. The van der Waals surface area contributed by atoms with Crippen molar-refractivity contribution in [3.05, 3.63) is 28.8 Å². The predicted octanol–water partition coefficient (Wildman–Crippen LogP) is 1.25. The van der Waals surface area contributed by atoms with Crippen molar-refractivity contribution in [2.24, 2.45) is 11.7 Å². The molecule has 4 N–H and O–H groups in total. The van der Waals surface area contributed by atoms with Crippen LogP contribution in [0, 0.1) is 17.2 Å². The highest BCUT2D eigenvalue weighted by Crippen LogP contribution is 2.22. The maximum atomic E-state index is 11.7. The molecular weight excluding hydrogens is 292 g/mol. The van der Waals surface area contributed by atoms with Gasteiger partial charge >= 0.3 is 0 Å². The molecule has 21 heavy (non-hydrogen) atoms. The van der Waals surface area contributed by atoms with Crippen molar-refractivity contribution in [1.82, 2.24) is 5.32 Å². The third-order valence-electron chi connectivity index (χ3n) is 2.82. The Morgan fingerprint density at radius 3 is 2.62 bits per heavy atom. The quantitative estimate of drug-likeness (QED) is 0.760. The zero-order chi connectivity index (χ0) is 16.0. The number of anilines is 1. The summed E-state index contributed by atoms with van der Waals surface area (Å²) in [5, 5.41) is 14.0. The number of hydrogen-bond donors (Lipinski definition) is 3. The highest BCUT2D eigenvalue weighted by atomic mass is 35.5. The Hall–Kier alpha value is -2.10. The van der Waals surface area contributed by atoms with E-state index in [-0.39, 0.29) is 23.4 Å². The summed E-state index contributed by atoms with van der Waals surface area (Å²) < 4.78 is 0. The molecule has 0 heterocycles. The van der Waals surface area contributed by atoms with Crippen LogP contribution in [0.3, 0.4) is 0 Å². The molecule has 0 aliphatic heterocycles. The van der Waals surface area contributed by atoms with Gasteiger partial charge in [0.1, 0.15) is 0 Å². The summed E-state index contributed by atoms with van der Waals surface area (Å²) >= 11 is 5.93. The molecule has 1 atom stereocenters. The van der Waals surface area contributed by atoms with Gasteiger partial charge in [-0.3, -0.25) is 9.59 Å². The molecule has 0 aliphatic carbocycles. The van der Waals surface area contributed by atoms with E-state index in [4.69, 9.17) is 22.6 Å². The van der Waals surface area contributed by atoms with Crippen LogP contribution in [0.5, 0.6) is 0 Å². The maximum Gasteiger partial charge on any atom is 0.243 e. The van der Waals surface area contributed by atoms with Crippen LogP contribution in [0.25, 0.3) is 0 Å². The van der Waals surface area contributed by atoms with Gasteiger partial charge in [-0.1, -0.05) is 25.4 Å². The Balaban J connectivity index is 2.55. The zero-order valence-corrected chi connectivity index (χ0v) is 12.6. The van der Waals surface area contributed by atoms with Crippen LogP contribution in [0.15, 0.2) is 18.2 Å². The molecule has 0 bridgehead atoms. The molecular formula is C14H17ClN4O2. The van der Waals surface area contributed by atoms with Gasteiger partial charge in [-0.25, -0.2) is 0 Å². The Morgan fingerprint density at radius 1 is 1.43 bits per heavy atom. The van der Waals surface area contributed by atoms with E-state index in [1.54, 1.807) is 0 Å². The summed E-state index contributed by atoms with van der Waals surface area (Å²) in [5.41, 5.74) is 6.43. The lowest BCUT2D eigenvalue weighted by molar-refractivity contribution is -0.125. The second kappa shape index (κ2) is 7.62. The van der Waals surface area contributed by atoms with Crippen molar-refractivity contribution in [2.45, 2.75) is 19.9 Å². The minimum absolute atomic E-state index is 0.0129. The zero-order valence-electron chi connectivity index (χ0n) is 11.8. The van der Waals surface area contributed by atoms with Crippen LogP contribution >= 0.6 is 11.6 Å². The van der Waals surface area contributed by atoms with Gasteiger partial charge in [0, 0.05) is 0 Å². The second-order valence-electron chi connectivity index (χ2n) is 4.84. The molecule has 0 aromatic heterocycles. The monoisotopic (exact) mass is 308 g/mol. The summed E-state index contributed by atoms with van der Waals surface area (Å²) in [6, 6.07) is 5.80. The number of nitrogens with zero attached hydrogens (tertiary/aromatic N) is 1. The van der Waals surface area contributed by atoms with E-state index in [1.165, 1.54) is 18.2 Å². The standard InChI is InChI=1S/C14H17ClN4O2/c1-8(2)13(17)14(21)18-7-12(20)19-11-4-3-9(6-16)5-10(11)15/h3-5,8,13H,7,17H2,1-2H3,(H,18,21)(H,19,20)/t13-/m0/s1. The number of carbonyl (C=O) groups excluding carboxylic acids is 2. The predicted molar refractivity (Wildman–Crippen MR) is 80.6 cm³/mol. The van der Waals surface area contributed by atoms with Crippen LogP contribution < -0.4 is 16.4 Å². The molecule has 0 aliphatic rings. The summed E-state index contributed by atoms with van der Waals surface area (Å²) in [7, 11) is 0.